The number of esters is 1. The predicted molar refractivity (Wildman–Crippen MR) is 112 cm³/mol. The molecule has 2 heterocycles. The van der Waals surface area contributed by atoms with Crippen molar-refractivity contribution in [2.45, 2.75) is 6.92 Å². The molecule has 0 saturated heterocycles. The summed E-state index contributed by atoms with van der Waals surface area (Å²) >= 11 is 0. The zero-order chi connectivity index (χ0) is 20.9. The summed E-state index contributed by atoms with van der Waals surface area (Å²) in [5.41, 5.74) is 3.28. The molecule has 0 spiro atoms. The predicted octanol–water partition coefficient (Wildman–Crippen LogP) is 3.85. The van der Waals surface area contributed by atoms with Crippen molar-refractivity contribution in [1.29, 1.82) is 0 Å². The molecule has 0 fully saturated rings. The third kappa shape index (κ3) is 3.91. The van der Waals surface area contributed by atoms with Crippen molar-refractivity contribution < 1.29 is 18.8 Å². The Morgan fingerprint density at radius 2 is 1.67 bits per heavy atom. The minimum Gasteiger partial charge on any atom is -0.465 e. The van der Waals surface area contributed by atoms with E-state index in [9.17, 15) is 9.59 Å². The van der Waals surface area contributed by atoms with E-state index in [1.165, 1.54) is 0 Å². The van der Waals surface area contributed by atoms with E-state index in [4.69, 9.17) is 9.26 Å². The number of carbonyl (C=O) groups excluding carboxylic acids is 2. The van der Waals surface area contributed by atoms with Crippen LogP contribution in [0.25, 0.3) is 33.6 Å². The van der Waals surface area contributed by atoms with Gasteiger partial charge >= 0.3 is 5.97 Å². The van der Waals surface area contributed by atoms with Crippen LogP contribution in [-0.4, -0.2) is 35.2 Å². The topological polar surface area (TPSA) is 94.3 Å². The molecule has 7 nitrogen and oxygen atoms in total. The van der Waals surface area contributed by atoms with Crippen molar-refractivity contribution in [2.75, 3.05) is 13.2 Å². The van der Waals surface area contributed by atoms with Crippen molar-refractivity contribution in [3.63, 3.8) is 0 Å². The van der Waals surface area contributed by atoms with Gasteiger partial charge in [0, 0.05) is 11.1 Å². The summed E-state index contributed by atoms with van der Waals surface area (Å²) in [4.78, 5) is 29.3. The molecule has 7 heteroatoms. The second-order valence-electron chi connectivity index (χ2n) is 6.49. The Morgan fingerprint density at radius 1 is 1.00 bits per heavy atom. The monoisotopic (exact) mass is 401 g/mol. The molecule has 0 atom stereocenters. The molecule has 2 aromatic carbocycles. The number of ether oxygens (including phenoxy) is 1. The average molecular weight is 401 g/mol. The number of benzene rings is 2. The normalized spacial score (nSPS) is 10.7. The SMILES string of the molecule is CCOC(=O)CNC(=O)c1cc(-c2ccccc2)nc2onc(-c3ccccc3)c12. The highest BCUT2D eigenvalue weighted by Gasteiger charge is 2.22. The number of nitrogens with one attached hydrogen (secondary N) is 1. The molecule has 2 aromatic heterocycles. The Kier molecular flexibility index (Phi) is 5.52. The Balaban J connectivity index is 1.82. The number of amides is 1. The number of aromatic nitrogens is 2. The molecule has 30 heavy (non-hydrogen) atoms. The largest absolute Gasteiger partial charge is 0.465 e. The van der Waals surface area contributed by atoms with Gasteiger partial charge < -0.3 is 14.6 Å². The van der Waals surface area contributed by atoms with E-state index in [1.54, 1.807) is 13.0 Å². The molecule has 150 valence electrons. The second-order valence-corrected chi connectivity index (χ2v) is 6.49. The Morgan fingerprint density at radius 3 is 2.33 bits per heavy atom. The van der Waals surface area contributed by atoms with Crippen LogP contribution in [0.5, 0.6) is 0 Å². The first kappa shape index (κ1) is 19.3. The summed E-state index contributed by atoms with van der Waals surface area (Å²) in [6.45, 7) is 1.72. The molecular weight excluding hydrogens is 382 g/mol. The van der Waals surface area contributed by atoms with Gasteiger partial charge in [-0.3, -0.25) is 9.59 Å². The van der Waals surface area contributed by atoms with Crippen LogP contribution in [0.4, 0.5) is 0 Å². The van der Waals surface area contributed by atoms with Crippen LogP contribution >= 0.6 is 0 Å². The minimum absolute atomic E-state index is 0.233. The molecular formula is C23H19N3O4. The smallest absolute Gasteiger partial charge is 0.325 e. The number of rotatable bonds is 6. The summed E-state index contributed by atoms with van der Waals surface area (Å²) in [6, 6.07) is 20.5. The van der Waals surface area contributed by atoms with E-state index in [1.807, 2.05) is 60.7 Å². The van der Waals surface area contributed by atoms with E-state index >= 15 is 0 Å². The molecule has 0 unspecified atom stereocenters. The lowest BCUT2D eigenvalue weighted by Gasteiger charge is -2.09. The van der Waals surface area contributed by atoms with Crippen LogP contribution < -0.4 is 5.32 Å². The fourth-order valence-corrected chi connectivity index (χ4v) is 3.14. The number of carbonyl (C=O) groups is 2. The lowest BCUT2D eigenvalue weighted by Crippen LogP contribution is -2.30. The Bertz CT molecular complexity index is 1190. The van der Waals surface area contributed by atoms with Crippen LogP contribution in [0.15, 0.2) is 71.3 Å². The fraction of sp³-hybridized carbons (Fsp3) is 0.130. The summed E-state index contributed by atoms with van der Waals surface area (Å²) in [5, 5.41) is 7.26. The number of pyridine rings is 1. The number of nitrogens with zero attached hydrogens (tertiary/aromatic N) is 2. The van der Waals surface area contributed by atoms with Gasteiger partial charge in [-0.1, -0.05) is 65.8 Å². The molecule has 0 bridgehead atoms. The first-order valence-corrected chi connectivity index (χ1v) is 9.52. The number of hydrogen-bond donors (Lipinski definition) is 1. The first-order valence-electron chi connectivity index (χ1n) is 9.52. The molecule has 0 saturated carbocycles. The van der Waals surface area contributed by atoms with Gasteiger partial charge in [0.25, 0.3) is 11.6 Å². The zero-order valence-corrected chi connectivity index (χ0v) is 16.3. The molecule has 4 rings (SSSR count). The standard InChI is InChI=1S/C23H19N3O4/c1-2-29-19(27)14-24-22(28)17-13-18(15-9-5-3-6-10-15)25-23-20(17)21(26-30-23)16-11-7-4-8-12-16/h3-13H,2,14H2,1H3,(H,24,28). The zero-order valence-electron chi connectivity index (χ0n) is 16.3. The van der Waals surface area contributed by atoms with Gasteiger partial charge in [0.2, 0.25) is 0 Å². The maximum atomic E-state index is 13.0. The molecule has 4 aromatic rings. The van der Waals surface area contributed by atoms with Crippen molar-refractivity contribution >= 4 is 23.0 Å². The highest BCUT2D eigenvalue weighted by Crippen LogP contribution is 2.32. The van der Waals surface area contributed by atoms with E-state index in [0.717, 1.165) is 11.1 Å². The quantitative estimate of drug-likeness (QED) is 0.493. The lowest BCUT2D eigenvalue weighted by atomic mass is 10.0. The molecule has 1 amide bonds. The van der Waals surface area contributed by atoms with Gasteiger partial charge in [-0.25, -0.2) is 4.98 Å². The van der Waals surface area contributed by atoms with Crippen molar-refractivity contribution in [2.24, 2.45) is 0 Å². The molecule has 0 radical (unpaired) electrons. The Labute approximate surface area is 172 Å². The van der Waals surface area contributed by atoms with Gasteiger partial charge in [-0.05, 0) is 13.0 Å². The maximum absolute atomic E-state index is 13.0. The summed E-state index contributed by atoms with van der Waals surface area (Å²) < 4.78 is 10.4. The highest BCUT2D eigenvalue weighted by molar-refractivity contribution is 6.10. The third-order valence-electron chi connectivity index (χ3n) is 4.51. The van der Waals surface area contributed by atoms with Gasteiger partial charge in [-0.2, -0.15) is 0 Å². The molecule has 0 aliphatic rings. The van der Waals surface area contributed by atoms with E-state index in [0.29, 0.717) is 22.3 Å². The van der Waals surface area contributed by atoms with E-state index in [-0.39, 0.29) is 18.9 Å². The van der Waals surface area contributed by atoms with E-state index < -0.39 is 11.9 Å². The third-order valence-corrected chi connectivity index (χ3v) is 4.51. The van der Waals surface area contributed by atoms with Crippen LogP contribution in [0.2, 0.25) is 0 Å². The Hall–Kier alpha value is -4.00. The maximum Gasteiger partial charge on any atom is 0.325 e. The van der Waals surface area contributed by atoms with Crippen molar-refractivity contribution in [3.8, 4) is 22.5 Å². The van der Waals surface area contributed by atoms with Crippen LogP contribution in [0.3, 0.4) is 0 Å². The molecule has 1 N–H and O–H groups in total. The molecule has 0 aliphatic carbocycles. The summed E-state index contributed by atoms with van der Waals surface area (Å²) in [5.74, 6) is -0.943. The number of hydrogen-bond acceptors (Lipinski definition) is 6. The van der Waals surface area contributed by atoms with Crippen molar-refractivity contribution in [1.82, 2.24) is 15.5 Å². The average Bonchev–Trinajstić information content (AvgIpc) is 3.22. The van der Waals surface area contributed by atoms with Crippen LogP contribution in [-0.2, 0) is 9.53 Å². The van der Waals surface area contributed by atoms with Crippen LogP contribution in [0, 0.1) is 0 Å². The van der Waals surface area contributed by atoms with Gasteiger partial charge in [0.05, 0.1) is 23.3 Å². The summed E-state index contributed by atoms with van der Waals surface area (Å²) in [6.07, 6.45) is 0. The number of fused-ring (bicyclic) bond motifs is 1. The fourth-order valence-electron chi connectivity index (χ4n) is 3.14. The van der Waals surface area contributed by atoms with E-state index in [2.05, 4.69) is 15.5 Å². The minimum atomic E-state index is -0.506. The first-order chi connectivity index (χ1) is 14.7. The molecule has 0 aliphatic heterocycles. The van der Waals surface area contributed by atoms with Crippen molar-refractivity contribution in [3.05, 3.63) is 72.3 Å². The van der Waals surface area contributed by atoms with Crippen LogP contribution in [0.1, 0.15) is 17.3 Å². The lowest BCUT2D eigenvalue weighted by molar-refractivity contribution is -0.141. The summed E-state index contributed by atoms with van der Waals surface area (Å²) in [7, 11) is 0. The van der Waals surface area contributed by atoms with Gasteiger partial charge in [0.1, 0.15) is 12.2 Å². The van der Waals surface area contributed by atoms with Gasteiger partial charge in [-0.15, -0.1) is 0 Å². The second kappa shape index (κ2) is 8.57. The highest BCUT2D eigenvalue weighted by atomic mass is 16.5. The van der Waals surface area contributed by atoms with Gasteiger partial charge in [0.15, 0.2) is 0 Å².